The molecule has 1 aliphatic carbocycles. The first-order valence-electron chi connectivity index (χ1n) is 19.1. The van der Waals surface area contributed by atoms with Gasteiger partial charge in [0, 0.05) is 5.92 Å². The Kier molecular flexibility index (Phi) is 15.7. The zero-order chi connectivity index (χ0) is 42.3. The SMILES string of the molecule is CC(C)[C@H](NC(=O)[C@H](COCc1ccccc1)NC(=O)[C@H](CC(=O)O)NC(=O)[C@H](COCc1ccccc1)NC(=O)OCC1c2ccccc2-c2ccccc21)C(=O)O. The fourth-order valence-electron chi connectivity index (χ4n) is 6.58. The van der Waals surface area contributed by atoms with Crippen LogP contribution in [0.3, 0.4) is 0 Å². The van der Waals surface area contributed by atoms with E-state index in [1.165, 1.54) is 0 Å². The van der Waals surface area contributed by atoms with Crippen molar-refractivity contribution < 1.29 is 53.2 Å². The average Bonchev–Trinajstić information content (AvgIpc) is 3.54. The number of ether oxygens (including phenoxy) is 3. The molecule has 0 saturated heterocycles. The number of fused-ring (bicyclic) bond motifs is 3. The van der Waals surface area contributed by atoms with Gasteiger partial charge < -0.3 is 45.7 Å². The molecule has 0 unspecified atom stereocenters. The molecule has 59 heavy (non-hydrogen) atoms. The van der Waals surface area contributed by atoms with Gasteiger partial charge in [-0.2, -0.15) is 0 Å². The summed E-state index contributed by atoms with van der Waals surface area (Å²) in [6, 6.07) is 27.5. The third kappa shape index (κ3) is 12.5. The van der Waals surface area contributed by atoms with Gasteiger partial charge in [-0.3, -0.25) is 19.2 Å². The third-order valence-electron chi connectivity index (χ3n) is 9.62. The van der Waals surface area contributed by atoms with Gasteiger partial charge in [-0.05, 0) is 39.3 Å². The van der Waals surface area contributed by atoms with Crippen molar-refractivity contribution in [3.8, 4) is 11.1 Å². The highest BCUT2D eigenvalue weighted by Crippen LogP contribution is 2.44. The smallest absolute Gasteiger partial charge is 0.407 e. The molecular weight excluding hydrogens is 761 g/mol. The summed E-state index contributed by atoms with van der Waals surface area (Å²) < 4.78 is 17.1. The Morgan fingerprint density at radius 1 is 0.576 bits per heavy atom. The molecule has 6 N–H and O–H groups in total. The van der Waals surface area contributed by atoms with Crippen LogP contribution in [-0.4, -0.2) is 90.0 Å². The highest BCUT2D eigenvalue weighted by atomic mass is 16.5. The van der Waals surface area contributed by atoms with Crippen LogP contribution in [0.25, 0.3) is 11.1 Å². The van der Waals surface area contributed by atoms with E-state index < -0.39 is 85.5 Å². The predicted molar refractivity (Wildman–Crippen MR) is 215 cm³/mol. The van der Waals surface area contributed by atoms with Gasteiger partial charge in [-0.1, -0.05) is 123 Å². The third-order valence-corrected chi connectivity index (χ3v) is 9.62. The Morgan fingerprint density at radius 3 is 1.51 bits per heavy atom. The van der Waals surface area contributed by atoms with Crippen molar-refractivity contribution >= 4 is 35.8 Å². The van der Waals surface area contributed by atoms with E-state index >= 15 is 0 Å². The number of amides is 4. The maximum absolute atomic E-state index is 13.8. The Morgan fingerprint density at radius 2 is 1.02 bits per heavy atom. The fourth-order valence-corrected chi connectivity index (χ4v) is 6.58. The van der Waals surface area contributed by atoms with Crippen molar-refractivity contribution in [3.05, 3.63) is 131 Å². The van der Waals surface area contributed by atoms with E-state index in [4.69, 9.17) is 14.2 Å². The summed E-state index contributed by atoms with van der Waals surface area (Å²) in [5, 5.41) is 29.1. The Hall–Kier alpha value is -6.58. The van der Waals surface area contributed by atoms with Crippen molar-refractivity contribution in [2.24, 2.45) is 5.92 Å². The normalized spacial score (nSPS) is 13.8. The van der Waals surface area contributed by atoms with E-state index in [9.17, 15) is 39.0 Å². The molecule has 15 heteroatoms. The molecule has 0 heterocycles. The lowest BCUT2D eigenvalue weighted by atomic mass is 9.98. The van der Waals surface area contributed by atoms with E-state index in [-0.39, 0.29) is 25.7 Å². The lowest BCUT2D eigenvalue weighted by molar-refractivity contribution is -0.144. The molecule has 4 atom stereocenters. The molecule has 0 bridgehead atoms. The number of hydrogen-bond donors (Lipinski definition) is 6. The summed E-state index contributed by atoms with van der Waals surface area (Å²) in [6.07, 6.45) is -1.87. The van der Waals surface area contributed by atoms with Crippen LogP contribution < -0.4 is 21.3 Å². The summed E-state index contributed by atoms with van der Waals surface area (Å²) in [4.78, 5) is 78.2. The summed E-state index contributed by atoms with van der Waals surface area (Å²) in [7, 11) is 0. The quantitative estimate of drug-likeness (QED) is 0.0707. The molecule has 0 fully saturated rings. The van der Waals surface area contributed by atoms with Crippen LogP contribution >= 0.6 is 0 Å². The largest absolute Gasteiger partial charge is 0.481 e. The van der Waals surface area contributed by atoms with Crippen LogP contribution in [-0.2, 0) is 51.4 Å². The van der Waals surface area contributed by atoms with Crippen molar-refractivity contribution in [1.82, 2.24) is 21.3 Å². The molecule has 0 spiro atoms. The van der Waals surface area contributed by atoms with Gasteiger partial charge in [0.15, 0.2) is 0 Å². The van der Waals surface area contributed by atoms with Crippen molar-refractivity contribution in [2.75, 3.05) is 19.8 Å². The molecule has 0 saturated carbocycles. The molecular formula is C44H48N4O11. The zero-order valence-corrected chi connectivity index (χ0v) is 32.7. The Labute approximate surface area is 341 Å². The minimum absolute atomic E-state index is 0.0362. The number of nitrogens with one attached hydrogen (secondary N) is 4. The van der Waals surface area contributed by atoms with E-state index in [0.717, 1.165) is 33.4 Å². The van der Waals surface area contributed by atoms with Crippen LogP contribution in [0.2, 0.25) is 0 Å². The van der Waals surface area contributed by atoms with E-state index in [1.54, 1.807) is 62.4 Å². The van der Waals surface area contributed by atoms with E-state index in [0.29, 0.717) is 0 Å². The van der Waals surface area contributed by atoms with Crippen molar-refractivity contribution in [2.45, 2.75) is 63.6 Å². The fraction of sp³-hybridized carbons (Fsp3) is 0.318. The molecule has 4 amide bonds. The molecule has 0 aliphatic heterocycles. The topological polar surface area (TPSA) is 219 Å². The standard InChI is InChI=1S/C44H48N4O11/c1-27(2)39(43(54)55)48-42(53)36(25-57-22-28-13-5-3-6-14-28)46-40(51)35(21-38(49)50)45-41(52)37(26-58-23-29-15-7-4-8-16-29)47-44(56)59-24-34-32-19-11-9-17-30(32)31-18-10-12-20-33(31)34/h3-20,27,34-37,39H,21-26H2,1-2H3,(H,45,52)(H,46,51)(H,47,56)(H,48,53)(H,49,50)(H,54,55)/t35-,36-,37-,39-/m0/s1. The number of carbonyl (C=O) groups is 6. The zero-order valence-electron chi connectivity index (χ0n) is 32.7. The molecule has 4 aromatic rings. The first kappa shape index (κ1) is 43.5. The van der Waals surface area contributed by atoms with Crippen molar-refractivity contribution in [3.63, 3.8) is 0 Å². The number of hydrogen-bond acceptors (Lipinski definition) is 9. The maximum atomic E-state index is 13.8. The molecule has 0 aromatic heterocycles. The Bertz CT molecular complexity index is 2030. The summed E-state index contributed by atoms with van der Waals surface area (Å²) in [5.41, 5.74) is 5.53. The van der Waals surface area contributed by atoms with Crippen molar-refractivity contribution in [1.29, 1.82) is 0 Å². The average molecular weight is 809 g/mol. The first-order chi connectivity index (χ1) is 28.4. The van der Waals surface area contributed by atoms with Gasteiger partial charge >= 0.3 is 18.0 Å². The number of aliphatic carboxylic acids is 2. The highest BCUT2D eigenvalue weighted by molar-refractivity contribution is 5.96. The van der Waals surface area contributed by atoms with Gasteiger partial charge in [0.2, 0.25) is 17.7 Å². The van der Waals surface area contributed by atoms with Gasteiger partial charge in [-0.15, -0.1) is 0 Å². The summed E-state index contributed by atoms with van der Waals surface area (Å²) in [5.74, 6) is -6.51. The van der Waals surface area contributed by atoms with Gasteiger partial charge in [-0.25, -0.2) is 9.59 Å². The second-order valence-corrected chi connectivity index (χ2v) is 14.3. The minimum Gasteiger partial charge on any atom is -0.481 e. The number of carboxylic acids is 2. The lowest BCUT2D eigenvalue weighted by Crippen LogP contribution is -2.60. The first-order valence-corrected chi connectivity index (χ1v) is 19.1. The number of benzene rings is 4. The molecule has 310 valence electrons. The number of carboxylic acid groups (broad SMARTS) is 2. The second-order valence-electron chi connectivity index (χ2n) is 14.3. The predicted octanol–water partition coefficient (Wildman–Crippen LogP) is 4.00. The van der Waals surface area contributed by atoms with Crippen LogP contribution in [0.5, 0.6) is 0 Å². The van der Waals surface area contributed by atoms with Gasteiger partial charge in [0.25, 0.3) is 0 Å². The van der Waals surface area contributed by atoms with Gasteiger partial charge in [0.1, 0.15) is 30.8 Å². The van der Waals surface area contributed by atoms with E-state index in [1.807, 2.05) is 60.7 Å². The summed E-state index contributed by atoms with van der Waals surface area (Å²) >= 11 is 0. The van der Waals surface area contributed by atoms with Crippen LogP contribution in [0.15, 0.2) is 109 Å². The Balaban J connectivity index is 1.30. The maximum Gasteiger partial charge on any atom is 0.407 e. The van der Waals surface area contributed by atoms with Crippen LogP contribution in [0, 0.1) is 5.92 Å². The highest BCUT2D eigenvalue weighted by Gasteiger charge is 2.34. The minimum atomic E-state index is -1.76. The second kappa shape index (κ2) is 21.3. The molecule has 1 aliphatic rings. The van der Waals surface area contributed by atoms with Crippen LogP contribution in [0.4, 0.5) is 4.79 Å². The van der Waals surface area contributed by atoms with Crippen LogP contribution in [0.1, 0.15) is 48.4 Å². The molecule has 5 rings (SSSR count). The van der Waals surface area contributed by atoms with E-state index in [2.05, 4.69) is 21.3 Å². The molecule has 4 aromatic carbocycles. The molecule has 15 nitrogen and oxygen atoms in total. The number of carbonyl (C=O) groups excluding carboxylic acids is 4. The molecule has 0 radical (unpaired) electrons. The lowest BCUT2D eigenvalue weighted by Gasteiger charge is -2.26. The number of rotatable bonds is 21. The number of alkyl carbamates (subject to hydrolysis) is 1. The summed E-state index contributed by atoms with van der Waals surface area (Å²) in [6.45, 7) is 2.40. The van der Waals surface area contributed by atoms with Gasteiger partial charge in [0.05, 0.1) is 32.8 Å². The monoisotopic (exact) mass is 808 g/mol.